The van der Waals surface area contributed by atoms with Gasteiger partial charge in [-0.1, -0.05) is 36.4 Å². The molecule has 2 aromatic heterocycles. The third-order valence-corrected chi connectivity index (χ3v) is 4.38. The summed E-state index contributed by atoms with van der Waals surface area (Å²) < 4.78 is 12.5. The van der Waals surface area contributed by atoms with Crippen molar-refractivity contribution in [2.75, 3.05) is 12.1 Å². The average molecular weight is 359 g/mol. The van der Waals surface area contributed by atoms with E-state index in [2.05, 4.69) is 20.4 Å². The van der Waals surface area contributed by atoms with E-state index in [1.165, 1.54) is 0 Å². The summed E-state index contributed by atoms with van der Waals surface area (Å²) in [6, 6.07) is 17.8. The van der Waals surface area contributed by atoms with Crippen LogP contribution in [0, 0.1) is 6.92 Å². The SMILES string of the molecule is Cc1cc(NCc2ccc3c(c2)OCO3)n2nc(-c3ccccc3)nc2n1. The molecule has 0 spiro atoms. The molecule has 0 atom stereocenters. The van der Waals surface area contributed by atoms with Gasteiger partial charge in [0.1, 0.15) is 5.82 Å². The number of nitrogens with zero attached hydrogens (tertiary/aromatic N) is 4. The minimum absolute atomic E-state index is 0.275. The highest BCUT2D eigenvalue weighted by Gasteiger charge is 2.14. The maximum Gasteiger partial charge on any atom is 0.254 e. The molecule has 0 amide bonds. The quantitative estimate of drug-likeness (QED) is 0.602. The molecule has 0 aliphatic carbocycles. The molecular weight excluding hydrogens is 342 g/mol. The number of ether oxygens (including phenoxy) is 2. The van der Waals surface area contributed by atoms with E-state index in [0.717, 1.165) is 34.1 Å². The molecule has 0 unspecified atom stereocenters. The van der Waals surface area contributed by atoms with Gasteiger partial charge in [0.2, 0.25) is 6.79 Å². The van der Waals surface area contributed by atoms with Gasteiger partial charge in [0.15, 0.2) is 17.3 Å². The Hall–Kier alpha value is -3.61. The second-order valence-electron chi connectivity index (χ2n) is 6.34. The Morgan fingerprint density at radius 2 is 1.85 bits per heavy atom. The van der Waals surface area contributed by atoms with Crippen LogP contribution in [0.25, 0.3) is 17.2 Å². The summed E-state index contributed by atoms with van der Waals surface area (Å²) in [5, 5.41) is 8.05. The predicted molar refractivity (Wildman–Crippen MR) is 101 cm³/mol. The smallest absolute Gasteiger partial charge is 0.254 e. The molecule has 0 saturated carbocycles. The second kappa shape index (κ2) is 6.28. The van der Waals surface area contributed by atoms with Crippen molar-refractivity contribution in [2.24, 2.45) is 0 Å². The summed E-state index contributed by atoms with van der Waals surface area (Å²) in [4.78, 5) is 9.07. The minimum Gasteiger partial charge on any atom is -0.454 e. The maximum absolute atomic E-state index is 5.45. The summed E-state index contributed by atoms with van der Waals surface area (Å²) in [5.41, 5.74) is 2.93. The van der Waals surface area contributed by atoms with Crippen LogP contribution in [-0.2, 0) is 6.54 Å². The lowest BCUT2D eigenvalue weighted by Gasteiger charge is -2.09. The first kappa shape index (κ1) is 15.6. The fourth-order valence-electron chi connectivity index (χ4n) is 3.07. The number of hydrogen-bond acceptors (Lipinski definition) is 6. The van der Waals surface area contributed by atoms with Gasteiger partial charge in [-0.15, -0.1) is 5.10 Å². The van der Waals surface area contributed by atoms with Crippen molar-refractivity contribution in [1.82, 2.24) is 19.6 Å². The zero-order valence-corrected chi connectivity index (χ0v) is 14.7. The predicted octanol–water partition coefficient (Wildman–Crippen LogP) is 3.44. The Labute approximate surface area is 155 Å². The van der Waals surface area contributed by atoms with E-state index in [1.54, 1.807) is 4.52 Å². The molecule has 5 rings (SSSR count). The number of hydrogen-bond donors (Lipinski definition) is 1. The van der Waals surface area contributed by atoms with Gasteiger partial charge < -0.3 is 14.8 Å². The molecule has 3 heterocycles. The van der Waals surface area contributed by atoms with Crippen molar-refractivity contribution in [1.29, 1.82) is 0 Å². The van der Waals surface area contributed by atoms with E-state index < -0.39 is 0 Å². The molecule has 0 bridgehead atoms. The van der Waals surface area contributed by atoms with E-state index in [4.69, 9.17) is 9.47 Å². The first-order valence-electron chi connectivity index (χ1n) is 8.68. The lowest BCUT2D eigenvalue weighted by molar-refractivity contribution is 0.174. The number of benzene rings is 2. The Bertz CT molecular complexity index is 1120. The highest BCUT2D eigenvalue weighted by atomic mass is 16.7. The third-order valence-electron chi connectivity index (χ3n) is 4.38. The molecular formula is C20H17N5O2. The summed E-state index contributed by atoms with van der Waals surface area (Å²) in [6.07, 6.45) is 0. The van der Waals surface area contributed by atoms with Gasteiger partial charge in [0, 0.05) is 23.9 Å². The molecule has 27 heavy (non-hydrogen) atoms. The molecule has 7 heteroatoms. The molecule has 0 saturated heterocycles. The van der Waals surface area contributed by atoms with Crippen molar-refractivity contribution in [3.8, 4) is 22.9 Å². The van der Waals surface area contributed by atoms with Crippen molar-refractivity contribution < 1.29 is 9.47 Å². The average Bonchev–Trinajstić information content (AvgIpc) is 3.33. The van der Waals surface area contributed by atoms with Crippen LogP contribution >= 0.6 is 0 Å². The van der Waals surface area contributed by atoms with Crippen molar-refractivity contribution in [3.63, 3.8) is 0 Å². The summed E-state index contributed by atoms with van der Waals surface area (Å²) in [6.45, 7) is 2.84. The van der Waals surface area contributed by atoms with Crippen LogP contribution in [0.15, 0.2) is 54.6 Å². The van der Waals surface area contributed by atoms with Crippen LogP contribution in [0.5, 0.6) is 11.5 Å². The van der Waals surface area contributed by atoms with Crippen molar-refractivity contribution in [2.45, 2.75) is 13.5 Å². The molecule has 1 aliphatic rings. The third kappa shape index (κ3) is 2.93. The number of rotatable bonds is 4. The standard InChI is InChI=1S/C20H17N5O2/c1-13-9-18(21-11-14-7-8-16-17(10-14)27-12-26-16)25-20(22-13)23-19(24-25)15-5-3-2-4-6-15/h2-10,21H,11-12H2,1H3. The molecule has 7 nitrogen and oxygen atoms in total. The van der Waals surface area contributed by atoms with E-state index in [-0.39, 0.29) is 6.79 Å². The Morgan fingerprint density at radius 1 is 1.00 bits per heavy atom. The molecule has 4 aromatic rings. The Balaban J connectivity index is 1.46. The van der Waals surface area contributed by atoms with E-state index >= 15 is 0 Å². The first-order valence-corrected chi connectivity index (χ1v) is 8.68. The Kier molecular flexibility index (Phi) is 3.64. The maximum atomic E-state index is 5.45. The molecule has 1 N–H and O–H groups in total. The summed E-state index contributed by atoms with van der Waals surface area (Å²) in [7, 11) is 0. The lowest BCUT2D eigenvalue weighted by atomic mass is 10.2. The van der Waals surface area contributed by atoms with Gasteiger partial charge in [-0.3, -0.25) is 0 Å². The van der Waals surface area contributed by atoms with Crippen LogP contribution in [0.2, 0.25) is 0 Å². The van der Waals surface area contributed by atoms with Crippen LogP contribution in [0.4, 0.5) is 5.82 Å². The van der Waals surface area contributed by atoms with Crippen molar-refractivity contribution >= 4 is 11.6 Å². The molecule has 134 valence electrons. The molecule has 1 aliphatic heterocycles. The highest BCUT2D eigenvalue weighted by Crippen LogP contribution is 2.32. The van der Waals surface area contributed by atoms with E-state index in [1.807, 2.05) is 61.5 Å². The van der Waals surface area contributed by atoms with Gasteiger partial charge in [0.05, 0.1) is 0 Å². The fraction of sp³-hybridized carbons (Fsp3) is 0.150. The molecule has 0 radical (unpaired) electrons. The van der Waals surface area contributed by atoms with Crippen LogP contribution < -0.4 is 14.8 Å². The van der Waals surface area contributed by atoms with Gasteiger partial charge in [-0.25, -0.2) is 4.98 Å². The minimum atomic E-state index is 0.275. The topological polar surface area (TPSA) is 73.6 Å². The largest absolute Gasteiger partial charge is 0.454 e. The van der Waals surface area contributed by atoms with Crippen molar-refractivity contribution in [3.05, 3.63) is 65.9 Å². The lowest BCUT2D eigenvalue weighted by Crippen LogP contribution is -2.07. The first-order chi connectivity index (χ1) is 13.3. The van der Waals surface area contributed by atoms with Crippen LogP contribution in [-0.4, -0.2) is 26.4 Å². The van der Waals surface area contributed by atoms with Gasteiger partial charge in [0.25, 0.3) is 5.78 Å². The number of aromatic nitrogens is 4. The van der Waals surface area contributed by atoms with Gasteiger partial charge >= 0.3 is 0 Å². The van der Waals surface area contributed by atoms with E-state index in [9.17, 15) is 0 Å². The number of anilines is 1. The summed E-state index contributed by atoms with van der Waals surface area (Å²) >= 11 is 0. The Morgan fingerprint density at radius 3 is 2.74 bits per heavy atom. The van der Waals surface area contributed by atoms with Gasteiger partial charge in [-0.2, -0.15) is 9.50 Å². The molecule has 0 fully saturated rings. The van der Waals surface area contributed by atoms with E-state index in [0.29, 0.717) is 18.1 Å². The number of nitrogens with one attached hydrogen (secondary N) is 1. The highest BCUT2D eigenvalue weighted by molar-refractivity contribution is 5.58. The number of fused-ring (bicyclic) bond motifs is 2. The fourth-order valence-corrected chi connectivity index (χ4v) is 3.07. The normalized spacial score (nSPS) is 12.5. The van der Waals surface area contributed by atoms with Crippen LogP contribution in [0.1, 0.15) is 11.3 Å². The zero-order chi connectivity index (χ0) is 18.2. The second-order valence-corrected chi connectivity index (χ2v) is 6.34. The monoisotopic (exact) mass is 359 g/mol. The number of aryl methyl sites for hydroxylation is 1. The summed E-state index contributed by atoms with van der Waals surface area (Å²) in [5.74, 6) is 3.62. The zero-order valence-electron chi connectivity index (χ0n) is 14.7. The molecule has 2 aromatic carbocycles. The van der Waals surface area contributed by atoms with Crippen LogP contribution in [0.3, 0.4) is 0 Å². The van der Waals surface area contributed by atoms with Gasteiger partial charge in [-0.05, 0) is 24.6 Å².